The zero-order chi connectivity index (χ0) is 16.8. The summed E-state index contributed by atoms with van der Waals surface area (Å²) in [5.41, 5.74) is 2.69. The van der Waals surface area contributed by atoms with Crippen molar-refractivity contribution in [3.8, 4) is 5.75 Å². The molecule has 0 spiro atoms. The van der Waals surface area contributed by atoms with E-state index in [9.17, 15) is 4.79 Å². The monoisotopic (exact) mass is 324 g/mol. The molecule has 2 atom stereocenters. The number of benzene rings is 1. The van der Waals surface area contributed by atoms with E-state index >= 15 is 0 Å². The van der Waals surface area contributed by atoms with Gasteiger partial charge < -0.3 is 10.1 Å². The highest BCUT2D eigenvalue weighted by Gasteiger charge is 2.39. The molecule has 6 heteroatoms. The predicted octanol–water partition coefficient (Wildman–Crippen LogP) is 2.86. The molecular weight excluding hydrogens is 304 g/mol. The number of para-hydroxylation sites is 1. The second-order valence-electron chi connectivity index (χ2n) is 6.53. The number of rotatable bonds is 2. The normalized spacial score (nSPS) is 22.7. The number of carbonyl (C=O) groups excluding carboxylic acids is 1. The fourth-order valence-electron chi connectivity index (χ4n) is 3.69. The molecule has 0 unspecified atom stereocenters. The lowest BCUT2D eigenvalue weighted by atomic mass is 9.81. The van der Waals surface area contributed by atoms with Crippen molar-refractivity contribution in [2.24, 2.45) is 5.92 Å². The fourth-order valence-corrected chi connectivity index (χ4v) is 3.69. The Morgan fingerprint density at radius 1 is 1.29 bits per heavy atom. The van der Waals surface area contributed by atoms with Crippen LogP contribution < -0.4 is 10.1 Å². The molecule has 0 bridgehead atoms. The molecule has 2 aliphatic rings. The molecule has 0 saturated heterocycles. The van der Waals surface area contributed by atoms with Crippen LogP contribution in [-0.4, -0.2) is 27.7 Å². The molecule has 1 N–H and O–H groups in total. The number of hydrogen-bond acceptors (Lipinski definition) is 5. The number of ether oxygens (including phenoxy) is 1. The van der Waals surface area contributed by atoms with E-state index in [1.54, 1.807) is 11.8 Å². The third-order valence-corrected chi connectivity index (χ3v) is 4.66. The Morgan fingerprint density at radius 2 is 2.08 bits per heavy atom. The van der Waals surface area contributed by atoms with Crippen molar-refractivity contribution in [1.82, 2.24) is 14.8 Å². The first-order valence-corrected chi connectivity index (χ1v) is 8.17. The number of fused-ring (bicyclic) bond motifs is 1. The zero-order valence-electron chi connectivity index (χ0n) is 14.0. The minimum atomic E-state index is -0.298. The number of methoxy groups -OCH3 is 1. The molecule has 24 heavy (non-hydrogen) atoms. The molecule has 0 fully saturated rings. The third kappa shape index (κ3) is 2.21. The number of hydrogen-bond donors (Lipinski definition) is 1. The van der Waals surface area contributed by atoms with Crippen molar-refractivity contribution in [1.29, 1.82) is 0 Å². The molecule has 1 aromatic carbocycles. The second kappa shape index (κ2) is 5.47. The summed E-state index contributed by atoms with van der Waals surface area (Å²) in [6.45, 7) is 3.96. The smallest absolute Gasteiger partial charge is 0.226 e. The van der Waals surface area contributed by atoms with Crippen LogP contribution >= 0.6 is 0 Å². The zero-order valence-corrected chi connectivity index (χ0v) is 14.0. The first-order chi connectivity index (χ1) is 11.6. The van der Waals surface area contributed by atoms with Crippen LogP contribution in [0.5, 0.6) is 5.75 Å². The number of carbonyl (C=O) groups is 1. The van der Waals surface area contributed by atoms with Gasteiger partial charge >= 0.3 is 0 Å². The van der Waals surface area contributed by atoms with Crippen molar-refractivity contribution in [2.45, 2.75) is 32.7 Å². The number of aromatic nitrogens is 3. The Labute approximate surface area is 140 Å². The molecule has 4 rings (SSSR count). The van der Waals surface area contributed by atoms with E-state index in [2.05, 4.69) is 22.3 Å². The summed E-state index contributed by atoms with van der Waals surface area (Å²) in [7, 11) is 1.65. The fraction of sp³-hybridized carbons (Fsp3) is 0.389. The average molecular weight is 324 g/mol. The van der Waals surface area contributed by atoms with Crippen molar-refractivity contribution >= 4 is 11.7 Å². The van der Waals surface area contributed by atoms with E-state index < -0.39 is 0 Å². The Kier molecular flexibility index (Phi) is 3.40. The van der Waals surface area contributed by atoms with Crippen molar-refractivity contribution in [2.75, 3.05) is 12.4 Å². The quantitative estimate of drug-likeness (QED) is 0.920. The topological polar surface area (TPSA) is 69.0 Å². The van der Waals surface area contributed by atoms with Gasteiger partial charge in [-0.15, -0.1) is 0 Å². The average Bonchev–Trinajstić information content (AvgIpc) is 2.92. The molecule has 2 heterocycles. The summed E-state index contributed by atoms with van der Waals surface area (Å²) in [5, 5.41) is 7.86. The number of ketones is 1. The number of allylic oxidation sites excluding steroid dienone is 2. The van der Waals surface area contributed by atoms with Gasteiger partial charge in [0.1, 0.15) is 17.6 Å². The Morgan fingerprint density at radius 3 is 2.88 bits per heavy atom. The number of anilines is 1. The van der Waals surface area contributed by atoms with E-state index in [1.807, 2.05) is 31.2 Å². The van der Waals surface area contributed by atoms with Crippen LogP contribution in [0.1, 0.15) is 37.2 Å². The van der Waals surface area contributed by atoms with Crippen molar-refractivity contribution in [3.63, 3.8) is 0 Å². The maximum atomic E-state index is 12.8. The lowest BCUT2D eigenvalue weighted by molar-refractivity contribution is -0.117. The van der Waals surface area contributed by atoms with Gasteiger partial charge in [-0.25, -0.2) is 4.68 Å². The standard InChI is InChI=1S/C18H20N4O2/c1-10-8-13-16(14(23)9-10)17(12-6-4-5-7-15(12)24-3)22-18(20-13)19-11(2)21-22/h4-7,10,17H,8-9H2,1-3H3,(H,19,20,21)/t10-,17-/m1/s1. The van der Waals surface area contributed by atoms with Gasteiger partial charge in [0.15, 0.2) is 5.78 Å². The Hall–Kier alpha value is -2.63. The highest BCUT2D eigenvalue weighted by molar-refractivity contribution is 5.99. The van der Waals surface area contributed by atoms with Crippen LogP contribution in [-0.2, 0) is 4.79 Å². The summed E-state index contributed by atoms with van der Waals surface area (Å²) in [4.78, 5) is 17.3. The van der Waals surface area contributed by atoms with E-state index in [1.165, 1.54) is 0 Å². The summed E-state index contributed by atoms with van der Waals surface area (Å²) in [5.74, 6) is 2.62. The molecule has 1 aliphatic heterocycles. The van der Waals surface area contributed by atoms with Gasteiger partial charge in [-0.05, 0) is 25.3 Å². The highest BCUT2D eigenvalue weighted by Crippen LogP contribution is 2.43. The van der Waals surface area contributed by atoms with Crippen LogP contribution in [0.3, 0.4) is 0 Å². The minimum absolute atomic E-state index is 0.172. The van der Waals surface area contributed by atoms with E-state index in [0.717, 1.165) is 29.0 Å². The largest absolute Gasteiger partial charge is 0.496 e. The van der Waals surface area contributed by atoms with Crippen LogP contribution in [0, 0.1) is 12.8 Å². The van der Waals surface area contributed by atoms with Gasteiger partial charge in [-0.1, -0.05) is 25.1 Å². The molecule has 0 amide bonds. The van der Waals surface area contributed by atoms with Crippen LogP contribution in [0.2, 0.25) is 0 Å². The molecule has 0 saturated carbocycles. The lowest BCUT2D eigenvalue weighted by Crippen LogP contribution is -2.33. The highest BCUT2D eigenvalue weighted by atomic mass is 16.5. The summed E-state index contributed by atoms with van der Waals surface area (Å²) in [6.07, 6.45) is 1.41. The summed E-state index contributed by atoms with van der Waals surface area (Å²) < 4.78 is 7.35. The maximum Gasteiger partial charge on any atom is 0.226 e. The van der Waals surface area contributed by atoms with Crippen molar-refractivity contribution in [3.05, 3.63) is 46.9 Å². The molecule has 124 valence electrons. The van der Waals surface area contributed by atoms with Gasteiger partial charge in [-0.2, -0.15) is 10.1 Å². The predicted molar refractivity (Wildman–Crippen MR) is 89.9 cm³/mol. The maximum absolute atomic E-state index is 12.8. The van der Waals surface area contributed by atoms with Crippen LogP contribution in [0.4, 0.5) is 5.95 Å². The summed E-state index contributed by atoms with van der Waals surface area (Å²) in [6, 6.07) is 7.49. The van der Waals surface area contributed by atoms with Gasteiger partial charge in [0.2, 0.25) is 5.95 Å². The molecule has 0 radical (unpaired) electrons. The van der Waals surface area contributed by atoms with Gasteiger partial charge in [0.25, 0.3) is 0 Å². The molecule has 6 nitrogen and oxygen atoms in total. The molecule has 1 aliphatic carbocycles. The van der Waals surface area contributed by atoms with Gasteiger partial charge in [0.05, 0.1) is 7.11 Å². The van der Waals surface area contributed by atoms with Crippen molar-refractivity contribution < 1.29 is 9.53 Å². The van der Waals surface area contributed by atoms with Crippen LogP contribution in [0.15, 0.2) is 35.5 Å². The molecular formula is C18H20N4O2. The Bertz CT molecular complexity index is 852. The first kappa shape index (κ1) is 14.9. The first-order valence-electron chi connectivity index (χ1n) is 8.17. The molecule has 1 aromatic heterocycles. The number of nitrogens with one attached hydrogen (secondary N) is 1. The SMILES string of the molecule is COc1ccccc1[C@@H]1C2=C(C[C@@H](C)CC2=O)Nc2nc(C)nn21. The number of nitrogens with zero attached hydrogens (tertiary/aromatic N) is 3. The minimum Gasteiger partial charge on any atom is -0.496 e. The second-order valence-corrected chi connectivity index (χ2v) is 6.53. The van der Waals surface area contributed by atoms with Gasteiger partial charge in [0, 0.05) is 23.3 Å². The number of aryl methyl sites for hydroxylation is 1. The molecule has 2 aromatic rings. The van der Waals surface area contributed by atoms with E-state index in [4.69, 9.17) is 4.74 Å². The third-order valence-electron chi connectivity index (χ3n) is 4.66. The van der Waals surface area contributed by atoms with E-state index in [0.29, 0.717) is 24.1 Å². The van der Waals surface area contributed by atoms with Crippen LogP contribution in [0.25, 0.3) is 0 Å². The number of Topliss-reactive ketones (excluding diaryl/α,β-unsaturated/α-hetero) is 1. The Balaban J connectivity index is 1.95. The summed E-state index contributed by atoms with van der Waals surface area (Å²) >= 11 is 0. The van der Waals surface area contributed by atoms with E-state index in [-0.39, 0.29) is 11.8 Å². The lowest BCUT2D eigenvalue weighted by Gasteiger charge is -2.34. The van der Waals surface area contributed by atoms with Gasteiger partial charge in [-0.3, -0.25) is 4.79 Å².